The van der Waals surface area contributed by atoms with Crippen molar-refractivity contribution in [2.75, 3.05) is 25.6 Å². The van der Waals surface area contributed by atoms with E-state index in [1.807, 2.05) is 19.1 Å². The number of hydrogen-bond donors (Lipinski definition) is 2. The SMILES string of the molecule is COc1ccc(NC(C)=O)cc1C(C)OCCN. The lowest BCUT2D eigenvalue weighted by Gasteiger charge is -2.17. The second-order valence-corrected chi connectivity index (χ2v) is 3.94. The van der Waals surface area contributed by atoms with Gasteiger partial charge in [-0.3, -0.25) is 4.79 Å². The number of nitrogens with one attached hydrogen (secondary N) is 1. The average Bonchev–Trinajstić information content (AvgIpc) is 2.35. The number of ether oxygens (including phenoxy) is 2. The normalized spacial score (nSPS) is 12.0. The molecular formula is C13H20N2O3. The molecule has 0 heterocycles. The van der Waals surface area contributed by atoms with Gasteiger partial charge in [0.15, 0.2) is 0 Å². The standard InChI is InChI=1S/C13H20N2O3/c1-9(18-7-6-14)12-8-11(15-10(2)16)4-5-13(12)17-3/h4-5,8-9H,6-7,14H2,1-3H3,(H,15,16). The Morgan fingerprint density at radius 2 is 2.22 bits per heavy atom. The Morgan fingerprint density at radius 1 is 1.50 bits per heavy atom. The Kier molecular flexibility index (Phi) is 5.61. The number of carbonyl (C=O) groups is 1. The molecule has 0 aromatic heterocycles. The third-order valence-corrected chi connectivity index (χ3v) is 2.47. The molecule has 100 valence electrons. The van der Waals surface area contributed by atoms with Crippen molar-refractivity contribution >= 4 is 11.6 Å². The third kappa shape index (κ3) is 4.01. The zero-order chi connectivity index (χ0) is 13.5. The molecule has 1 aromatic rings. The Morgan fingerprint density at radius 3 is 2.78 bits per heavy atom. The molecule has 1 rings (SSSR count). The van der Waals surface area contributed by atoms with Gasteiger partial charge >= 0.3 is 0 Å². The number of amides is 1. The lowest BCUT2D eigenvalue weighted by atomic mass is 10.1. The van der Waals surface area contributed by atoms with E-state index < -0.39 is 0 Å². The van der Waals surface area contributed by atoms with Crippen molar-refractivity contribution in [3.63, 3.8) is 0 Å². The molecule has 0 radical (unpaired) electrons. The van der Waals surface area contributed by atoms with E-state index in [-0.39, 0.29) is 12.0 Å². The molecule has 0 spiro atoms. The number of anilines is 1. The van der Waals surface area contributed by atoms with Crippen LogP contribution in [0.15, 0.2) is 18.2 Å². The molecule has 3 N–H and O–H groups in total. The van der Waals surface area contributed by atoms with E-state index in [4.69, 9.17) is 15.2 Å². The summed E-state index contributed by atoms with van der Waals surface area (Å²) in [6.45, 7) is 4.34. The number of hydrogen-bond acceptors (Lipinski definition) is 4. The molecule has 1 amide bonds. The fraction of sp³-hybridized carbons (Fsp3) is 0.462. The van der Waals surface area contributed by atoms with E-state index in [0.717, 1.165) is 17.0 Å². The van der Waals surface area contributed by atoms with Crippen LogP contribution < -0.4 is 15.8 Å². The van der Waals surface area contributed by atoms with Crippen LogP contribution in [0.25, 0.3) is 0 Å². The van der Waals surface area contributed by atoms with E-state index >= 15 is 0 Å². The molecule has 0 bridgehead atoms. The van der Waals surface area contributed by atoms with Crippen molar-refractivity contribution in [1.82, 2.24) is 0 Å². The number of benzene rings is 1. The third-order valence-electron chi connectivity index (χ3n) is 2.47. The Labute approximate surface area is 107 Å². The summed E-state index contributed by atoms with van der Waals surface area (Å²) in [7, 11) is 1.60. The van der Waals surface area contributed by atoms with Crippen LogP contribution in [0.4, 0.5) is 5.69 Å². The molecule has 18 heavy (non-hydrogen) atoms. The molecule has 0 aliphatic rings. The first-order valence-electron chi connectivity index (χ1n) is 5.85. The van der Waals surface area contributed by atoms with Crippen molar-refractivity contribution in [2.24, 2.45) is 5.73 Å². The highest BCUT2D eigenvalue weighted by molar-refractivity contribution is 5.88. The maximum atomic E-state index is 11.0. The van der Waals surface area contributed by atoms with Crippen LogP contribution in [0.1, 0.15) is 25.5 Å². The smallest absolute Gasteiger partial charge is 0.221 e. The Bertz CT molecular complexity index is 407. The largest absolute Gasteiger partial charge is 0.496 e. The minimum Gasteiger partial charge on any atom is -0.496 e. The van der Waals surface area contributed by atoms with Gasteiger partial charge in [0.05, 0.1) is 19.8 Å². The van der Waals surface area contributed by atoms with Crippen LogP contribution in [0.2, 0.25) is 0 Å². The molecule has 0 fully saturated rings. The summed E-state index contributed by atoms with van der Waals surface area (Å²) in [4.78, 5) is 11.0. The first-order chi connectivity index (χ1) is 8.58. The van der Waals surface area contributed by atoms with Crippen LogP contribution in [-0.4, -0.2) is 26.2 Å². The van der Waals surface area contributed by atoms with Crippen LogP contribution in [0, 0.1) is 0 Å². The van der Waals surface area contributed by atoms with Crippen molar-refractivity contribution in [1.29, 1.82) is 0 Å². The van der Waals surface area contributed by atoms with Crippen molar-refractivity contribution < 1.29 is 14.3 Å². The number of rotatable bonds is 6. The highest BCUT2D eigenvalue weighted by atomic mass is 16.5. The topological polar surface area (TPSA) is 73.6 Å². The minimum atomic E-state index is -0.141. The van der Waals surface area contributed by atoms with Gasteiger partial charge in [-0.05, 0) is 25.1 Å². The molecule has 1 aromatic carbocycles. The molecule has 1 unspecified atom stereocenters. The monoisotopic (exact) mass is 252 g/mol. The highest BCUT2D eigenvalue weighted by Crippen LogP contribution is 2.30. The van der Waals surface area contributed by atoms with Gasteiger partial charge in [-0.15, -0.1) is 0 Å². The van der Waals surface area contributed by atoms with E-state index in [1.54, 1.807) is 13.2 Å². The first-order valence-corrected chi connectivity index (χ1v) is 5.85. The Hall–Kier alpha value is -1.59. The van der Waals surface area contributed by atoms with Crippen LogP contribution >= 0.6 is 0 Å². The average molecular weight is 252 g/mol. The second kappa shape index (κ2) is 6.98. The molecule has 0 aliphatic carbocycles. The lowest BCUT2D eigenvalue weighted by molar-refractivity contribution is -0.114. The Balaban J connectivity index is 2.93. The molecular weight excluding hydrogens is 232 g/mol. The molecule has 0 saturated carbocycles. The lowest BCUT2D eigenvalue weighted by Crippen LogP contribution is -2.12. The number of methoxy groups -OCH3 is 1. The summed E-state index contributed by atoms with van der Waals surface area (Å²) >= 11 is 0. The van der Waals surface area contributed by atoms with Gasteiger partial charge in [-0.2, -0.15) is 0 Å². The van der Waals surface area contributed by atoms with Gasteiger partial charge in [-0.25, -0.2) is 0 Å². The predicted octanol–water partition coefficient (Wildman–Crippen LogP) is 1.69. The van der Waals surface area contributed by atoms with Crippen molar-refractivity contribution in [3.8, 4) is 5.75 Å². The summed E-state index contributed by atoms with van der Waals surface area (Å²) in [5.41, 5.74) is 7.02. The predicted molar refractivity (Wildman–Crippen MR) is 70.7 cm³/mol. The van der Waals surface area contributed by atoms with Gasteiger partial charge in [0.25, 0.3) is 0 Å². The van der Waals surface area contributed by atoms with E-state index in [2.05, 4.69) is 5.32 Å². The fourth-order valence-electron chi connectivity index (χ4n) is 1.67. The number of nitrogens with two attached hydrogens (primary N) is 1. The number of carbonyl (C=O) groups excluding carboxylic acids is 1. The van der Waals surface area contributed by atoms with Gasteiger partial charge < -0.3 is 20.5 Å². The van der Waals surface area contributed by atoms with Gasteiger partial charge in [0.1, 0.15) is 5.75 Å². The highest BCUT2D eigenvalue weighted by Gasteiger charge is 2.13. The zero-order valence-corrected chi connectivity index (χ0v) is 11.0. The van der Waals surface area contributed by atoms with Crippen molar-refractivity contribution in [2.45, 2.75) is 20.0 Å². The molecule has 5 nitrogen and oxygen atoms in total. The van der Waals surface area contributed by atoms with Gasteiger partial charge in [0, 0.05) is 24.7 Å². The summed E-state index contributed by atoms with van der Waals surface area (Å²) in [5, 5.41) is 2.73. The first kappa shape index (κ1) is 14.5. The minimum absolute atomic E-state index is 0.110. The maximum absolute atomic E-state index is 11.0. The molecule has 5 heteroatoms. The van der Waals surface area contributed by atoms with Gasteiger partial charge in [0.2, 0.25) is 5.91 Å². The quantitative estimate of drug-likeness (QED) is 0.808. The van der Waals surface area contributed by atoms with E-state index in [9.17, 15) is 4.79 Å². The van der Waals surface area contributed by atoms with Gasteiger partial charge in [-0.1, -0.05) is 0 Å². The van der Waals surface area contributed by atoms with E-state index in [1.165, 1.54) is 6.92 Å². The van der Waals surface area contributed by atoms with Crippen LogP contribution in [0.5, 0.6) is 5.75 Å². The zero-order valence-electron chi connectivity index (χ0n) is 11.0. The molecule has 0 aliphatic heterocycles. The molecule has 1 atom stereocenters. The fourth-order valence-corrected chi connectivity index (χ4v) is 1.67. The maximum Gasteiger partial charge on any atom is 0.221 e. The van der Waals surface area contributed by atoms with Crippen LogP contribution in [0.3, 0.4) is 0 Å². The summed E-state index contributed by atoms with van der Waals surface area (Å²) in [6.07, 6.45) is -0.141. The second-order valence-electron chi connectivity index (χ2n) is 3.94. The summed E-state index contributed by atoms with van der Waals surface area (Å²) < 4.78 is 10.8. The molecule has 0 saturated heterocycles. The van der Waals surface area contributed by atoms with Crippen LogP contribution in [-0.2, 0) is 9.53 Å². The van der Waals surface area contributed by atoms with Crippen molar-refractivity contribution in [3.05, 3.63) is 23.8 Å². The summed E-state index contributed by atoms with van der Waals surface area (Å²) in [5.74, 6) is 0.621. The van der Waals surface area contributed by atoms with E-state index in [0.29, 0.717) is 13.2 Å². The summed E-state index contributed by atoms with van der Waals surface area (Å²) in [6, 6.07) is 5.45.